The fraction of sp³-hybridized carbons (Fsp3) is 0.619. The second kappa shape index (κ2) is 7.21. The van der Waals surface area contributed by atoms with E-state index in [0.29, 0.717) is 18.5 Å². The molecule has 2 heterocycles. The van der Waals surface area contributed by atoms with Crippen LogP contribution in [0.4, 0.5) is 23.4 Å². The summed E-state index contributed by atoms with van der Waals surface area (Å²) in [6, 6.07) is 2.90. The van der Waals surface area contributed by atoms with Crippen molar-refractivity contribution >= 4 is 5.82 Å². The van der Waals surface area contributed by atoms with Crippen LogP contribution in [0.3, 0.4) is 0 Å². The second-order valence-corrected chi connectivity index (χ2v) is 8.66. The molecule has 0 radical (unpaired) electrons. The van der Waals surface area contributed by atoms with Crippen LogP contribution >= 0.6 is 0 Å². The van der Waals surface area contributed by atoms with E-state index in [4.69, 9.17) is 10.5 Å². The van der Waals surface area contributed by atoms with Gasteiger partial charge in [-0.3, -0.25) is 4.68 Å². The van der Waals surface area contributed by atoms with E-state index in [9.17, 15) is 17.6 Å². The van der Waals surface area contributed by atoms with Gasteiger partial charge in [0.25, 0.3) is 0 Å². The van der Waals surface area contributed by atoms with Crippen molar-refractivity contribution in [3.63, 3.8) is 0 Å². The molecule has 0 saturated heterocycles. The van der Waals surface area contributed by atoms with Crippen LogP contribution in [0.15, 0.2) is 18.3 Å². The number of rotatable bonds is 6. The van der Waals surface area contributed by atoms with Gasteiger partial charge < -0.3 is 10.5 Å². The Morgan fingerprint density at radius 3 is 2.53 bits per heavy atom. The number of nitrogens with zero attached hydrogens (tertiary/aromatic N) is 3. The highest BCUT2D eigenvalue weighted by molar-refractivity contribution is 5.63. The molecule has 3 unspecified atom stereocenters. The topological polar surface area (TPSA) is 66.0 Å². The molecule has 2 aliphatic carbocycles. The number of aromatic nitrogens is 3. The van der Waals surface area contributed by atoms with Crippen LogP contribution in [0.5, 0.6) is 0 Å². The van der Waals surface area contributed by atoms with Crippen molar-refractivity contribution in [1.82, 2.24) is 14.8 Å². The number of anilines is 1. The predicted octanol–water partition coefficient (Wildman–Crippen LogP) is 5.00. The van der Waals surface area contributed by atoms with E-state index < -0.39 is 23.2 Å². The van der Waals surface area contributed by atoms with Crippen molar-refractivity contribution in [2.75, 3.05) is 19.5 Å². The zero-order chi connectivity index (χ0) is 21.8. The molecule has 0 aromatic carbocycles. The Hall–Kier alpha value is -2.16. The summed E-state index contributed by atoms with van der Waals surface area (Å²) in [5.74, 6) is 0.0485. The van der Waals surface area contributed by atoms with Gasteiger partial charge in [0.15, 0.2) is 0 Å². The molecule has 9 heteroatoms. The highest BCUT2D eigenvalue weighted by atomic mass is 19.4. The van der Waals surface area contributed by atoms with Crippen LogP contribution in [0.2, 0.25) is 0 Å². The smallest absolute Gasteiger partial charge is 0.383 e. The lowest BCUT2D eigenvalue weighted by atomic mass is 9.96. The number of hydrogen-bond acceptors (Lipinski definition) is 4. The first-order valence-corrected chi connectivity index (χ1v) is 10.2. The van der Waals surface area contributed by atoms with E-state index in [0.717, 1.165) is 18.2 Å². The van der Waals surface area contributed by atoms with E-state index in [1.807, 2.05) is 24.6 Å². The SMILES string of the molecule is CCC(C)n1nc(-c2cnc(N)c(C(F)(F)F)c2)cc1C1C2CC(F)(COC)CC21. The van der Waals surface area contributed by atoms with E-state index in [-0.39, 0.29) is 36.0 Å². The minimum absolute atomic E-state index is 0.0769. The van der Waals surface area contributed by atoms with Crippen LogP contribution in [-0.4, -0.2) is 34.1 Å². The zero-order valence-corrected chi connectivity index (χ0v) is 17.2. The molecule has 2 aromatic heterocycles. The molecule has 5 nitrogen and oxygen atoms in total. The number of pyridine rings is 1. The number of alkyl halides is 4. The normalized spacial score (nSPS) is 29.1. The van der Waals surface area contributed by atoms with Crippen molar-refractivity contribution in [2.45, 2.75) is 56.9 Å². The average Bonchev–Trinajstić information content (AvgIpc) is 3.03. The van der Waals surface area contributed by atoms with Gasteiger partial charge in [-0.15, -0.1) is 0 Å². The molecule has 30 heavy (non-hydrogen) atoms. The van der Waals surface area contributed by atoms with Gasteiger partial charge in [-0.2, -0.15) is 18.3 Å². The molecule has 0 spiro atoms. The molecule has 4 rings (SSSR count). The van der Waals surface area contributed by atoms with Crippen molar-refractivity contribution in [1.29, 1.82) is 0 Å². The van der Waals surface area contributed by atoms with Crippen LogP contribution in [0.25, 0.3) is 11.3 Å². The number of hydrogen-bond donors (Lipinski definition) is 1. The number of fused-ring (bicyclic) bond motifs is 1. The van der Waals surface area contributed by atoms with Gasteiger partial charge in [0.2, 0.25) is 0 Å². The Morgan fingerprint density at radius 1 is 1.30 bits per heavy atom. The third kappa shape index (κ3) is 3.57. The zero-order valence-electron chi connectivity index (χ0n) is 17.2. The first kappa shape index (κ1) is 21.1. The van der Waals surface area contributed by atoms with Gasteiger partial charge in [-0.1, -0.05) is 6.92 Å². The fourth-order valence-electron chi connectivity index (χ4n) is 4.91. The molecule has 2 aliphatic rings. The molecular formula is C21H26F4N4O. The predicted molar refractivity (Wildman–Crippen MR) is 105 cm³/mol. The molecule has 164 valence electrons. The van der Waals surface area contributed by atoms with E-state index >= 15 is 0 Å². The summed E-state index contributed by atoms with van der Waals surface area (Å²) in [5.41, 5.74) is 4.83. The molecule has 3 atom stereocenters. The van der Waals surface area contributed by atoms with Gasteiger partial charge in [0.1, 0.15) is 11.5 Å². The number of nitrogen functional groups attached to an aromatic ring is 1. The molecule has 2 fully saturated rings. The Kier molecular flexibility index (Phi) is 5.07. The summed E-state index contributed by atoms with van der Waals surface area (Å²) in [6.45, 7) is 4.15. The van der Waals surface area contributed by atoms with Gasteiger partial charge in [-0.25, -0.2) is 9.37 Å². The Morgan fingerprint density at radius 2 is 1.97 bits per heavy atom. The first-order chi connectivity index (χ1) is 14.1. The van der Waals surface area contributed by atoms with Crippen molar-refractivity contribution in [2.24, 2.45) is 11.8 Å². The Bertz CT molecular complexity index is 930. The summed E-state index contributed by atoms with van der Waals surface area (Å²) >= 11 is 0. The average molecular weight is 426 g/mol. The van der Waals surface area contributed by atoms with Gasteiger partial charge in [-0.05, 0) is 50.2 Å². The summed E-state index contributed by atoms with van der Waals surface area (Å²) in [5, 5.41) is 4.62. The molecular weight excluding hydrogens is 400 g/mol. The molecule has 2 N–H and O–H groups in total. The highest BCUT2D eigenvalue weighted by Crippen LogP contribution is 2.67. The van der Waals surface area contributed by atoms with E-state index in [1.165, 1.54) is 13.3 Å². The lowest BCUT2D eigenvalue weighted by Crippen LogP contribution is -2.27. The van der Waals surface area contributed by atoms with Crippen LogP contribution in [0.1, 0.15) is 56.3 Å². The second-order valence-electron chi connectivity index (χ2n) is 8.66. The van der Waals surface area contributed by atoms with Crippen molar-refractivity contribution in [3.8, 4) is 11.3 Å². The Balaban J connectivity index is 1.67. The highest BCUT2D eigenvalue weighted by Gasteiger charge is 2.63. The number of nitrogens with two attached hydrogens (primary N) is 1. The van der Waals surface area contributed by atoms with Gasteiger partial charge in [0, 0.05) is 36.5 Å². The van der Waals surface area contributed by atoms with E-state index in [2.05, 4.69) is 10.1 Å². The standard InChI is InChI=1S/C21H26F4N4O/c1-4-11(2)29-17(18-13-7-20(22,10-30-3)8-14(13)18)6-16(28-29)12-5-15(21(23,24)25)19(26)27-9-12/h5-6,9,11,13-14,18H,4,7-8,10H2,1-3H3,(H2,26,27). The first-order valence-electron chi connectivity index (χ1n) is 10.2. The van der Waals surface area contributed by atoms with Crippen LogP contribution in [-0.2, 0) is 10.9 Å². The number of halogens is 4. The minimum Gasteiger partial charge on any atom is -0.383 e. The Labute approximate surface area is 172 Å². The summed E-state index contributed by atoms with van der Waals surface area (Å²) in [4.78, 5) is 3.73. The molecule has 2 aromatic rings. The lowest BCUT2D eigenvalue weighted by Gasteiger charge is -2.22. The fourth-order valence-corrected chi connectivity index (χ4v) is 4.91. The van der Waals surface area contributed by atoms with E-state index in [1.54, 1.807) is 0 Å². The monoisotopic (exact) mass is 426 g/mol. The van der Waals surface area contributed by atoms with Gasteiger partial charge in [0.05, 0.1) is 17.9 Å². The van der Waals surface area contributed by atoms with Crippen LogP contribution < -0.4 is 5.73 Å². The van der Waals surface area contributed by atoms with Gasteiger partial charge >= 0.3 is 6.18 Å². The third-order valence-electron chi connectivity index (χ3n) is 6.57. The molecule has 2 saturated carbocycles. The quantitative estimate of drug-likeness (QED) is 0.661. The van der Waals surface area contributed by atoms with Crippen molar-refractivity contribution < 1.29 is 22.3 Å². The third-order valence-corrected chi connectivity index (χ3v) is 6.57. The molecule has 0 aliphatic heterocycles. The largest absolute Gasteiger partial charge is 0.419 e. The molecule has 0 bridgehead atoms. The summed E-state index contributed by atoms with van der Waals surface area (Å²) < 4.78 is 61.5. The number of ether oxygens (including phenoxy) is 1. The van der Waals surface area contributed by atoms with Crippen molar-refractivity contribution in [3.05, 3.63) is 29.6 Å². The minimum atomic E-state index is -4.59. The summed E-state index contributed by atoms with van der Waals surface area (Å²) in [6.07, 6.45) is -1.57. The number of methoxy groups -OCH3 is 1. The maximum Gasteiger partial charge on any atom is 0.419 e. The maximum atomic E-state index is 14.8. The van der Waals surface area contributed by atoms with Crippen LogP contribution in [0, 0.1) is 11.8 Å². The molecule has 0 amide bonds. The maximum absolute atomic E-state index is 14.8. The lowest BCUT2D eigenvalue weighted by molar-refractivity contribution is -0.137. The summed E-state index contributed by atoms with van der Waals surface area (Å²) in [7, 11) is 1.50.